The third-order valence-corrected chi connectivity index (χ3v) is 4.39. The maximum Gasteiger partial charge on any atom is 0.419 e. The van der Waals surface area contributed by atoms with Gasteiger partial charge in [0.05, 0.1) is 23.1 Å². The fourth-order valence-corrected chi connectivity index (χ4v) is 3.11. The summed E-state index contributed by atoms with van der Waals surface area (Å²) in [6.45, 7) is 4.12. The van der Waals surface area contributed by atoms with Crippen LogP contribution < -0.4 is 11.1 Å². The number of hydrogen-bond acceptors (Lipinski definition) is 5. The summed E-state index contributed by atoms with van der Waals surface area (Å²) in [5.74, 6) is 0.00256. The summed E-state index contributed by atoms with van der Waals surface area (Å²) in [6, 6.07) is 12.7. The number of oxazole rings is 1. The zero-order valence-electron chi connectivity index (χ0n) is 15.5. The number of aromatic nitrogens is 4. The molecule has 3 heterocycles. The number of anilines is 1. The molecule has 0 aliphatic heterocycles. The number of pyridine rings is 1. The Kier molecular flexibility index (Phi) is 4.52. The molecule has 0 unspecified atom stereocenters. The van der Waals surface area contributed by atoms with E-state index >= 15 is 0 Å². The van der Waals surface area contributed by atoms with Crippen LogP contribution >= 0.6 is 0 Å². The van der Waals surface area contributed by atoms with Crippen LogP contribution in [0.1, 0.15) is 17.8 Å². The molecular weight excluding hydrogens is 358 g/mol. The molecule has 0 radical (unpaired) electrons. The zero-order valence-corrected chi connectivity index (χ0v) is 15.5. The summed E-state index contributed by atoms with van der Waals surface area (Å²) >= 11 is 0. The fourth-order valence-electron chi connectivity index (χ4n) is 3.11. The maximum atomic E-state index is 12.3. The van der Waals surface area contributed by atoms with Crippen LogP contribution in [0, 0.1) is 13.8 Å². The first-order valence-corrected chi connectivity index (χ1v) is 8.89. The van der Waals surface area contributed by atoms with E-state index < -0.39 is 5.76 Å². The van der Waals surface area contributed by atoms with Gasteiger partial charge in [-0.05, 0) is 44.2 Å². The number of carbonyl (C=O) groups excluding carboxylic acids is 1. The predicted molar refractivity (Wildman–Crippen MR) is 105 cm³/mol. The lowest BCUT2D eigenvalue weighted by Crippen LogP contribution is -2.20. The minimum absolute atomic E-state index is 0.142. The topological polar surface area (TPSA) is 95.0 Å². The Morgan fingerprint density at radius 1 is 1.18 bits per heavy atom. The minimum Gasteiger partial charge on any atom is -0.408 e. The molecule has 0 saturated carbocycles. The Morgan fingerprint density at radius 3 is 2.71 bits per heavy atom. The lowest BCUT2D eigenvalue weighted by Gasteiger charge is -2.07. The highest BCUT2D eigenvalue weighted by Crippen LogP contribution is 2.14. The third-order valence-electron chi connectivity index (χ3n) is 4.39. The van der Waals surface area contributed by atoms with E-state index in [2.05, 4.69) is 15.4 Å². The van der Waals surface area contributed by atoms with Gasteiger partial charge in [0.25, 0.3) is 0 Å². The summed E-state index contributed by atoms with van der Waals surface area (Å²) in [7, 11) is 0. The molecule has 0 spiro atoms. The van der Waals surface area contributed by atoms with Crippen molar-refractivity contribution in [1.82, 2.24) is 19.3 Å². The summed E-state index contributed by atoms with van der Waals surface area (Å²) in [5, 5.41) is 7.18. The molecule has 28 heavy (non-hydrogen) atoms. The first-order valence-electron chi connectivity index (χ1n) is 8.89. The Labute approximate surface area is 160 Å². The fraction of sp³-hybridized carbons (Fsp3) is 0.200. The van der Waals surface area contributed by atoms with Gasteiger partial charge in [0.1, 0.15) is 0 Å². The molecule has 4 aromatic rings. The van der Waals surface area contributed by atoms with Gasteiger partial charge in [-0.3, -0.25) is 9.36 Å². The standard InChI is InChI=1S/C20H19N5O3/c1-13-11-14(2)25(23-13)18-8-7-15(12-21-18)22-19(26)9-10-24-16-5-3-4-6-17(16)28-20(24)27/h3-8,11-12H,9-10H2,1-2H3,(H,22,26). The van der Waals surface area contributed by atoms with Crippen molar-refractivity contribution in [3.63, 3.8) is 0 Å². The van der Waals surface area contributed by atoms with E-state index in [0.29, 0.717) is 22.6 Å². The smallest absolute Gasteiger partial charge is 0.408 e. The first-order chi connectivity index (χ1) is 13.5. The molecule has 0 atom stereocenters. The molecule has 0 bridgehead atoms. The van der Waals surface area contributed by atoms with Crippen LogP contribution in [0.2, 0.25) is 0 Å². The lowest BCUT2D eigenvalue weighted by atomic mass is 10.3. The largest absolute Gasteiger partial charge is 0.419 e. The van der Waals surface area contributed by atoms with Crippen LogP contribution in [-0.2, 0) is 11.3 Å². The van der Waals surface area contributed by atoms with Crippen LogP contribution in [-0.4, -0.2) is 25.2 Å². The highest BCUT2D eigenvalue weighted by molar-refractivity contribution is 5.90. The Balaban J connectivity index is 1.42. The number of fused-ring (bicyclic) bond motifs is 1. The van der Waals surface area contributed by atoms with E-state index in [9.17, 15) is 9.59 Å². The predicted octanol–water partition coefficient (Wildman–Crippen LogP) is 2.82. The van der Waals surface area contributed by atoms with Crippen LogP contribution in [0.4, 0.5) is 5.69 Å². The van der Waals surface area contributed by atoms with Crippen LogP contribution in [0.5, 0.6) is 0 Å². The number of rotatable bonds is 5. The number of amides is 1. The second-order valence-electron chi connectivity index (χ2n) is 6.53. The van der Waals surface area contributed by atoms with Gasteiger partial charge in [-0.25, -0.2) is 14.5 Å². The maximum absolute atomic E-state index is 12.3. The van der Waals surface area contributed by atoms with E-state index in [4.69, 9.17) is 4.42 Å². The van der Waals surface area contributed by atoms with Gasteiger partial charge in [0.2, 0.25) is 5.91 Å². The molecule has 0 aliphatic rings. The van der Waals surface area contributed by atoms with Crippen molar-refractivity contribution in [2.45, 2.75) is 26.8 Å². The molecule has 8 nitrogen and oxygen atoms in total. The van der Waals surface area contributed by atoms with E-state index in [0.717, 1.165) is 11.4 Å². The molecule has 1 aromatic carbocycles. The molecule has 4 rings (SSSR count). The Morgan fingerprint density at radius 2 is 2.00 bits per heavy atom. The summed E-state index contributed by atoms with van der Waals surface area (Å²) in [5.41, 5.74) is 3.67. The molecule has 0 saturated heterocycles. The van der Waals surface area contributed by atoms with Crippen molar-refractivity contribution in [1.29, 1.82) is 0 Å². The lowest BCUT2D eigenvalue weighted by molar-refractivity contribution is -0.116. The SMILES string of the molecule is Cc1cc(C)n(-c2ccc(NC(=O)CCn3c(=O)oc4ccccc43)cn2)n1. The number of carbonyl (C=O) groups is 1. The molecule has 1 N–H and O–H groups in total. The monoisotopic (exact) mass is 377 g/mol. The number of hydrogen-bond donors (Lipinski definition) is 1. The number of benzene rings is 1. The van der Waals surface area contributed by atoms with Gasteiger partial charge >= 0.3 is 5.76 Å². The van der Waals surface area contributed by atoms with Crippen molar-refractivity contribution in [3.8, 4) is 5.82 Å². The second-order valence-corrected chi connectivity index (χ2v) is 6.53. The molecule has 8 heteroatoms. The Hall–Kier alpha value is -3.68. The number of para-hydroxylation sites is 2. The van der Waals surface area contributed by atoms with E-state index in [1.807, 2.05) is 26.0 Å². The third kappa shape index (κ3) is 3.44. The van der Waals surface area contributed by atoms with E-state index in [-0.39, 0.29) is 18.9 Å². The molecular formula is C20H19N5O3. The van der Waals surface area contributed by atoms with Gasteiger partial charge < -0.3 is 9.73 Å². The minimum atomic E-state index is -0.468. The highest BCUT2D eigenvalue weighted by atomic mass is 16.4. The Bertz CT molecular complexity index is 1200. The van der Waals surface area contributed by atoms with Crippen LogP contribution in [0.25, 0.3) is 16.9 Å². The summed E-state index contributed by atoms with van der Waals surface area (Å²) < 4.78 is 8.38. The van der Waals surface area contributed by atoms with Crippen LogP contribution in [0.15, 0.2) is 57.9 Å². The molecule has 0 aliphatic carbocycles. The van der Waals surface area contributed by atoms with Gasteiger partial charge in [0.15, 0.2) is 11.4 Å². The molecule has 3 aromatic heterocycles. The average molecular weight is 377 g/mol. The normalized spacial score (nSPS) is 11.1. The van der Waals surface area contributed by atoms with E-state index in [1.165, 1.54) is 4.57 Å². The number of nitrogens with one attached hydrogen (secondary N) is 1. The zero-order chi connectivity index (χ0) is 19.7. The first kappa shape index (κ1) is 17.7. The quantitative estimate of drug-likeness (QED) is 0.577. The molecule has 0 fully saturated rings. The van der Waals surface area contributed by atoms with Crippen molar-refractivity contribution >= 4 is 22.7 Å². The van der Waals surface area contributed by atoms with Crippen molar-refractivity contribution < 1.29 is 9.21 Å². The number of nitrogens with zero attached hydrogens (tertiary/aromatic N) is 4. The van der Waals surface area contributed by atoms with Crippen molar-refractivity contribution in [3.05, 3.63) is 70.6 Å². The number of aryl methyl sites for hydroxylation is 3. The summed E-state index contributed by atoms with van der Waals surface area (Å²) in [6.07, 6.45) is 1.73. The molecule has 142 valence electrons. The van der Waals surface area contributed by atoms with Crippen LogP contribution in [0.3, 0.4) is 0 Å². The second kappa shape index (κ2) is 7.15. The van der Waals surface area contributed by atoms with Gasteiger partial charge in [-0.2, -0.15) is 5.10 Å². The van der Waals surface area contributed by atoms with Crippen molar-refractivity contribution in [2.24, 2.45) is 0 Å². The highest BCUT2D eigenvalue weighted by Gasteiger charge is 2.11. The van der Waals surface area contributed by atoms with Gasteiger partial charge in [-0.1, -0.05) is 12.1 Å². The summed E-state index contributed by atoms with van der Waals surface area (Å²) in [4.78, 5) is 28.6. The average Bonchev–Trinajstić information content (AvgIpc) is 3.18. The van der Waals surface area contributed by atoms with Gasteiger partial charge in [-0.15, -0.1) is 0 Å². The van der Waals surface area contributed by atoms with E-state index in [1.54, 1.807) is 41.2 Å². The molecule has 1 amide bonds. The van der Waals surface area contributed by atoms with Gasteiger partial charge in [0, 0.05) is 18.7 Å². The van der Waals surface area contributed by atoms with Crippen molar-refractivity contribution in [2.75, 3.05) is 5.32 Å².